The van der Waals surface area contributed by atoms with Crippen LogP contribution in [-0.4, -0.2) is 14.3 Å². The summed E-state index contributed by atoms with van der Waals surface area (Å²) in [6.45, 7) is 5.72. The minimum atomic E-state index is -1.26. The van der Waals surface area contributed by atoms with E-state index < -0.39 is 16.1 Å². The summed E-state index contributed by atoms with van der Waals surface area (Å²) in [7, 11) is 0. The zero-order chi connectivity index (χ0) is 16.5. The van der Waals surface area contributed by atoms with E-state index >= 15 is 0 Å². The Labute approximate surface area is 147 Å². The second-order valence-electron chi connectivity index (χ2n) is 5.71. The first-order chi connectivity index (χ1) is 10.2. The normalized spacial score (nSPS) is 14.8. The minimum Gasteiger partial charge on any atom is -0.598 e. The maximum absolute atomic E-state index is 12.5. The van der Waals surface area contributed by atoms with Gasteiger partial charge >= 0.3 is 0 Å². The van der Waals surface area contributed by atoms with Crippen LogP contribution in [-0.2, 0) is 11.4 Å². The van der Waals surface area contributed by atoms with Crippen molar-refractivity contribution in [1.82, 2.24) is 9.71 Å². The second-order valence-corrected chi connectivity index (χ2v) is 9.61. The number of nitrogen functional groups attached to an aromatic ring is 1. The van der Waals surface area contributed by atoms with Crippen molar-refractivity contribution in [3.8, 4) is 0 Å². The number of benzene rings is 1. The molecule has 0 fully saturated rings. The first-order valence-electron chi connectivity index (χ1n) is 6.52. The molecule has 2 rings (SSSR count). The van der Waals surface area contributed by atoms with Crippen LogP contribution in [0.25, 0.3) is 0 Å². The van der Waals surface area contributed by atoms with Gasteiger partial charge in [0.25, 0.3) is 0 Å². The van der Waals surface area contributed by atoms with Crippen LogP contribution in [0.4, 0.5) is 5.13 Å². The van der Waals surface area contributed by atoms with E-state index in [4.69, 9.17) is 28.9 Å². The van der Waals surface area contributed by atoms with Gasteiger partial charge in [0.1, 0.15) is 10.8 Å². The number of nitrogens with zero attached hydrogens (tertiary/aromatic N) is 1. The molecule has 4 nitrogen and oxygen atoms in total. The molecular formula is C14H17Cl2N3OS2. The van der Waals surface area contributed by atoms with Crippen LogP contribution in [0.2, 0.25) is 10.0 Å². The van der Waals surface area contributed by atoms with Gasteiger partial charge in [0.15, 0.2) is 5.13 Å². The van der Waals surface area contributed by atoms with Gasteiger partial charge in [-0.1, -0.05) is 29.3 Å². The maximum Gasteiger partial charge on any atom is 0.180 e. The van der Waals surface area contributed by atoms with Crippen molar-refractivity contribution in [3.05, 3.63) is 44.9 Å². The fourth-order valence-corrected chi connectivity index (χ4v) is 3.68. The number of rotatable bonds is 4. The molecule has 2 atom stereocenters. The van der Waals surface area contributed by atoms with E-state index in [2.05, 4.69) is 9.71 Å². The van der Waals surface area contributed by atoms with Gasteiger partial charge in [-0.05, 0) is 38.5 Å². The third kappa shape index (κ3) is 4.28. The predicted octanol–water partition coefficient (Wildman–Crippen LogP) is 4.17. The van der Waals surface area contributed by atoms with Crippen molar-refractivity contribution in [2.45, 2.75) is 31.6 Å². The quantitative estimate of drug-likeness (QED) is 0.783. The lowest BCUT2D eigenvalue weighted by Gasteiger charge is -2.27. The molecule has 0 aliphatic heterocycles. The Bertz CT molecular complexity index is 658. The Morgan fingerprint density at radius 1 is 1.32 bits per heavy atom. The van der Waals surface area contributed by atoms with E-state index in [1.807, 2.05) is 26.8 Å². The summed E-state index contributed by atoms with van der Waals surface area (Å²) < 4.78 is 15.2. The largest absolute Gasteiger partial charge is 0.598 e. The molecule has 1 aromatic heterocycles. The van der Waals surface area contributed by atoms with Crippen molar-refractivity contribution in [1.29, 1.82) is 0 Å². The molecule has 0 aliphatic rings. The fraction of sp³-hybridized carbons (Fsp3) is 0.357. The Morgan fingerprint density at radius 3 is 2.50 bits per heavy atom. The summed E-state index contributed by atoms with van der Waals surface area (Å²) in [5, 5.41) is 1.39. The SMILES string of the molecule is CC(C)(C)[S@@+]([O-])N[C@@H](c1ccc(Cl)c(Cl)c1)c1cnc(N)s1. The van der Waals surface area contributed by atoms with Crippen molar-refractivity contribution in [2.75, 3.05) is 5.73 Å². The average Bonchev–Trinajstić information content (AvgIpc) is 2.84. The van der Waals surface area contributed by atoms with Gasteiger partial charge in [0.2, 0.25) is 0 Å². The van der Waals surface area contributed by atoms with Gasteiger partial charge in [-0.15, -0.1) is 16.1 Å². The molecule has 2 aromatic rings. The number of halogens is 2. The number of hydrogen-bond acceptors (Lipinski definition) is 5. The van der Waals surface area contributed by atoms with Crippen LogP contribution in [0.1, 0.15) is 37.3 Å². The Kier molecular flexibility index (Phi) is 5.63. The van der Waals surface area contributed by atoms with Gasteiger partial charge in [-0.3, -0.25) is 0 Å². The third-order valence-electron chi connectivity index (χ3n) is 2.88. The minimum absolute atomic E-state index is 0.315. The highest BCUT2D eigenvalue weighted by Gasteiger charge is 2.31. The Hall–Kier alpha value is -0.500. The molecular weight excluding hydrogens is 361 g/mol. The van der Waals surface area contributed by atoms with Gasteiger partial charge < -0.3 is 10.3 Å². The van der Waals surface area contributed by atoms with E-state index in [-0.39, 0.29) is 6.04 Å². The average molecular weight is 378 g/mol. The Morgan fingerprint density at radius 2 is 2.00 bits per heavy atom. The summed E-state index contributed by atoms with van der Waals surface area (Å²) in [5.74, 6) is 0. The summed E-state index contributed by atoms with van der Waals surface area (Å²) in [5.41, 5.74) is 6.58. The molecule has 0 aliphatic carbocycles. The van der Waals surface area contributed by atoms with Gasteiger partial charge in [-0.25, -0.2) is 4.98 Å². The van der Waals surface area contributed by atoms with E-state index in [1.165, 1.54) is 11.3 Å². The molecule has 3 N–H and O–H groups in total. The lowest BCUT2D eigenvalue weighted by atomic mass is 10.1. The Balaban J connectivity index is 2.39. The highest BCUT2D eigenvalue weighted by Crippen LogP contribution is 2.33. The molecule has 1 aromatic carbocycles. The van der Waals surface area contributed by atoms with Crippen molar-refractivity contribution >= 4 is 51.0 Å². The molecule has 0 radical (unpaired) electrons. The molecule has 0 saturated heterocycles. The predicted molar refractivity (Wildman–Crippen MR) is 95.9 cm³/mol. The highest BCUT2D eigenvalue weighted by molar-refractivity contribution is 7.90. The molecule has 120 valence electrons. The van der Waals surface area contributed by atoms with Crippen molar-refractivity contribution in [2.24, 2.45) is 0 Å². The highest BCUT2D eigenvalue weighted by atomic mass is 35.5. The van der Waals surface area contributed by atoms with Crippen molar-refractivity contribution in [3.63, 3.8) is 0 Å². The maximum atomic E-state index is 12.5. The lowest BCUT2D eigenvalue weighted by Crippen LogP contribution is -2.41. The van der Waals surface area contributed by atoms with Crippen LogP contribution >= 0.6 is 34.5 Å². The number of hydrogen-bond donors (Lipinski definition) is 2. The molecule has 1 heterocycles. The van der Waals surface area contributed by atoms with Crippen LogP contribution < -0.4 is 10.5 Å². The van der Waals surface area contributed by atoms with Crippen molar-refractivity contribution < 1.29 is 4.55 Å². The number of thiazole rings is 1. The third-order valence-corrected chi connectivity index (χ3v) is 6.08. The molecule has 8 heteroatoms. The van der Waals surface area contributed by atoms with E-state index in [0.29, 0.717) is 15.2 Å². The number of nitrogens with two attached hydrogens (primary N) is 1. The van der Waals surface area contributed by atoms with Gasteiger partial charge in [0.05, 0.1) is 14.9 Å². The molecule has 0 amide bonds. The summed E-state index contributed by atoms with van der Waals surface area (Å²) in [6.07, 6.45) is 1.68. The van der Waals surface area contributed by atoms with Gasteiger partial charge in [-0.2, -0.15) is 0 Å². The second kappa shape index (κ2) is 6.95. The summed E-state index contributed by atoms with van der Waals surface area (Å²) >= 11 is 12.2. The smallest absolute Gasteiger partial charge is 0.180 e. The first kappa shape index (κ1) is 17.8. The van der Waals surface area contributed by atoms with E-state index in [1.54, 1.807) is 18.3 Å². The molecule has 22 heavy (non-hydrogen) atoms. The summed E-state index contributed by atoms with van der Waals surface area (Å²) in [4.78, 5) is 4.94. The number of nitrogens with one attached hydrogen (secondary N) is 1. The molecule has 0 bridgehead atoms. The van der Waals surface area contributed by atoms with Crippen LogP contribution in [0.15, 0.2) is 24.4 Å². The van der Waals surface area contributed by atoms with E-state index in [0.717, 1.165) is 10.4 Å². The van der Waals surface area contributed by atoms with Crippen LogP contribution in [0, 0.1) is 0 Å². The molecule has 0 saturated carbocycles. The lowest BCUT2D eigenvalue weighted by molar-refractivity contribution is 0.536. The van der Waals surface area contributed by atoms with Crippen LogP contribution in [0.3, 0.4) is 0 Å². The zero-order valence-electron chi connectivity index (χ0n) is 12.4. The van der Waals surface area contributed by atoms with E-state index in [9.17, 15) is 4.55 Å². The van der Waals surface area contributed by atoms with Crippen LogP contribution in [0.5, 0.6) is 0 Å². The first-order valence-corrected chi connectivity index (χ1v) is 9.25. The topological polar surface area (TPSA) is 74.0 Å². The molecule has 0 spiro atoms. The van der Waals surface area contributed by atoms with Gasteiger partial charge in [0, 0.05) is 17.6 Å². The summed E-state index contributed by atoms with van der Waals surface area (Å²) in [6, 6.07) is 5.02. The molecule has 0 unspecified atom stereocenters. The standard InChI is InChI=1S/C14H17Cl2N3OS2/c1-14(2,3)22(20)19-12(11-7-18-13(17)21-11)8-4-5-9(15)10(16)6-8/h4-7,12,19H,1-3H3,(H2,17,18)/t12-,22+/m0/s1. The zero-order valence-corrected chi connectivity index (χ0v) is 15.5. The monoisotopic (exact) mass is 377 g/mol. The number of anilines is 1. The fourth-order valence-electron chi connectivity index (χ4n) is 1.70. The number of aromatic nitrogens is 1.